The van der Waals surface area contributed by atoms with E-state index in [-0.39, 0.29) is 24.4 Å². The molecule has 3 atom stereocenters. The van der Waals surface area contributed by atoms with E-state index in [9.17, 15) is 9.59 Å². The van der Waals surface area contributed by atoms with E-state index in [1.165, 1.54) is 11.4 Å². The molecule has 3 rings (SSSR count). The Morgan fingerprint density at radius 2 is 1.96 bits per heavy atom. The molecule has 1 N–H and O–H groups in total. The molecule has 0 bridgehead atoms. The van der Waals surface area contributed by atoms with Crippen molar-refractivity contribution < 1.29 is 9.59 Å². The number of nitrogens with zero attached hydrogens (tertiary/aromatic N) is 2. The Morgan fingerprint density at radius 3 is 2.72 bits per heavy atom. The molecule has 0 unspecified atom stereocenters. The summed E-state index contributed by atoms with van der Waals surface area (Å²) in [6.07, 6.45) is 4.41. The van der Waals surface area contributed by atoms with Gasteiger partial charge in [0.05, 0.1) is 5.71 Å². The molecule has 1 heterocycles. The highest BCUT2D eigenvalue weighted by Gasteiger charge is 2.29. The zero-order valence-electron chi connectivity index (χ0n) is 15.1. The number of hydrogen-bond acceptors (Lipinski definition) is 3. The van der Waals surface area contributed by atoms with Gasteiger partial charge in [-0.15, -0.1) is 0 Å². The SMILES string of the molecule is C[C@H]1[C@H](C)CCC[C@H]1NC(=O)CN1N=C(c2ccccc2)CCC1=O. The molecule has 1 aromatic carbocycles. The van der Waals surface area contributed by atoms with Crippen molar-refractivity contribution in [3.63, 3.8) is 0 Å². The van der Waals surface area contributed by atoms with Crippen molar-refractivity contribution >= 4 is 17.5 Å². The van der Waals surface area contributed by atoms with Crippen molar-refractivity contribution in [1.82, 2.24) is 10.3 Å². The minimum atomic E-state index is -0.114. The lowest BCUT2D eigenvalue weighted by molar-refractivity contribution is -0.137. The molecule has 1 aromatic rings. The largest absolute Gasteiger partial charge is 0.351 e. The molecule has 0 aromatic heterocycles. The van der Waals surface area contributed by atoms with Crippen LogP contribution < -0.4 is 5.32 Å². The average Bonchev–Trinajstić information content (AvgIpc) is 2.61. The molecule has 2 amide bonds. The third-order valence-corrected chi connectivity index (χ3v) is 5.56. The maximum atomic E-state index is 12.4. The minimum absolute atomic E-state index is 0.00671. The number of hydrogen-bond donors (Lipinski definition) is 1. The van der Waals surface area contributed by atoms with Crippen molar-refractivity contribution in [3.05, 3.63) is 35.9 Å². The highest BCUT2D eigenvalue weighted by Crippen LogP contribution is 2.29. The predicted molar refractivity (Wildman–Crippen MR) is 98.0 cm³/mol. The molecule has 1 fully saturated rings. The molecule has 5 nitrogen and oxygen atoms in total. The fourth-order valence-corrected chi connectivity index (χ4v) is 3.74. The van der Waals surface area contributed by atoms with E-state index < -0.39 is 0 Å². The Balaban J connectivity index is 1.64. The lowest BCUT2D eigenvalue weighted by Gasteiger charge is -2.35. The van der Waals surface area contributed by atoms with E-state index in [0.29, 0.717) is 24.7 Å². The van der Waals surface area contributed by atoms with Crippen LogP contribution in [-0.2, 0) is 9.59 Å². The van der Waals surface area contributed by atoms with Crippen LogP contribution in [0.3, 0.4) is 0 Å². The minimum Gasteiger partial charge on any atom is -0.351 e. The molecule has 1 saturated carbocycles. The van der Waals surface area contributed by atoms with Gasteiger partial charge < -0.3 is 5.32 Å². The number of carbonyl (C=O) groups is 2. The number of carbonyl (C=O) groups excluding carboxylic acids is 2. The van der Waals surface area contributed by atoms with E-state index >= 15 is 0 Å². The first-order valence-corrected chi connectivity index (χ1v) is 9.27. The first-order valence-electron chi connectivity index (χ1n) is 9.27. The summed E-state index contributed by atoms with van der Waals surface area (Å²) in [5.74, 6) is 0.897. The summed E-state index contributed by atoms with van der Waals surface area (Å²) in [5.41, 5.74) is 1.88. The summed E-state index contributed by atoms with van der Waals surface area (Å²) in [5, 5.41) is 8.89. The summed E-state index contributed by atoms with van der Waals surface area (Å²) < 4.78 is 0. The molecule has 0 radical (unpaired) electrons. The quantitative estimate of drug-likeness (QED) is 0.915. The highest BCUT2D eigenvalue weighted by atomic mass is 16.2. The van der Waals surface area contributed by atoms with Crippen LogP contribution >= 0.6 is 0 Å². The molecule has 1 aliphatic heterocycles. The van der Waals surface area contributed by atoms with Crippen molar-refractivity contribution in [3.8, 4) is 0 Å². The monoisotopic (exact) mass is 341 g/mol. The molecular formula is C20H27N3O2. The van der Waals surface area contributed by atoms with Gasteiger partial charge in [0.15, 0.2) is 0 Å². The Hall–Kier alpha value is -2.17. The summed E-state index contributed by atoms with van der Waals surface area (Å²) in [6, 6.07) is 10.0. The lowest BCUT2D eigenvalue weighted by atomic mass is 9.78. The number of amides is 2. The van der Waals surface area contributed by atoms with Gasteiger partial charge >= 0.3 is 0 Å². The van der Waals surface area contributed by atoms with Crippen LogP contribution in [-0.4, -0.2) is 35.1 Å². The van der Waals surface area contributed by atoms with Crippen LogP contribution in [0.15, 0.2) is 35.4 Å². The van der Waals surface area contributed by atoms with Crippen LogP contribution in [0, 0.1) is 11.8 Å². The standard InChI is InChI=1S/C20H27N3O2/c1-14-7-6-10-17(15(14)2)21-19(24)13-23-20(25)12-11-18(22-23)16-8-4-3-5-9-16/h3-5,8-9,14-15,17H,6-7,10-13H2,1-2H3,(H,21,24)/t14-,15+,17-/m1/s1. The van der Waals surface area contributed by atoms with Crippen LogP contribution in [0.25, 0.3) is 0 Å². The molecule has 134 valence electrons. The van der Waals surface area contributed by atoms with Crippen molar-refractivity contribution in [2.75, 3.05) is 6.54 Å². The average molecular weight is 341 g/mol. The first-order chi connectivity index (χ1) is 12.0. The third kappa shape index (κ3) is 4.27. The maximum absolute atomic E-state index is 12.4. The van der Waals surface area contributed by atoms with Gasteiger partial charge in [-0.1, -0.05) is 57.0 Å². The summed E-state index contributed by atoms with van der Waals surface area (Å²) in [6.45, 7) is 4.45. The van der Waals surface area contributed by atoms with Gasteiger partial charge in [0.2, 0.25) is 11.8 Å². The number of hydrazone groups is 1. The number of nitrogens with one attached hydrogen (secondary N) is 1. The summed E-state index contributed by atoms with van der Waals surface area (Å²) >= 11 is 0. The van der Waals surface area contributed by atoms with Crippen molar-refractivity contribution in [1.29, 1.82) is 0 Å². The second-order valence-corrected chi connectivity index (χ2v) is 7.31. The smallest absolute Gasteiger partial charge is 0.243 e. The zero-order valence-corrected chi connectivity index (χ0v) is 15.1. The number of rotatable bonds is 4. The fourth-order valence-electron chi connectivity index (χ4n) is 3.74. The molecule has 2 aliphatic rings. The Bertz CT molecular complexity index is 656. The van der Waals surface area contributed by atoms with E-state index in [4.69, 9.17) is 0 Å². The molecule has 25 heavy (non-hydrogen) atoms. The van der Waals surface area contributed by atoms with E-state index in [1.54, 1.807) is 0 Å². The molecule has 5 heteroatoms. The number of benzene rings is 1. The first kappa shape index (κ1) is 17.6. The second-order valence-electron chi connectivity index (χ2n) is 7.31. The van der Waals surface area contributed by atoms with Crippen LogP contribution in [0.2, 0.25) is 0 Å². The van der Waals surface area contributed by atoms with Crippen molar-refractivity contribution in [2.45, 2.75) is 52.0 Å². The van der Waals surface area contributed by atoms with E-state index in [1.807, 2.05) is 30.3 Å². The Labute approximate surface area is 149 Å². The highest BCUT2D eigenvalue weighted by molar-refractivity contribution is 6.04. The van der Waals surface area contributed by atoms with Crippen molar-refractivity contribution in [2.24, 2.45) is 16.9 Å². The van der Waals surface area contributed by atoms with Gasteiger partial charge in [0, 0.05) is 18.9 Å². The van der Waals surface area contributed by atoms with Crippen LogP contribution in [0.1, 0.15) is 51.5 Å². The van der Waals surface area contributed by atoms with Crippen LogP contribution in [0.4, 0.5) is 0 Å². The Kier molecular flexibility index (Phi) is 5.51. The van der Waals surface area contributed by atoms with Gasteiger partial charge in [-0.25, -0.2) is 5.01 Å². The topological polar surface area (TPSA) is 61.8 Å². The van der Waals surface area contributed by atoms with Gasteiger partial charge in [0.1, 0.15) is 6.54 Å². The zero-order chi connectivity index (χ0) is 17.8. The van der Waals surface area contributed by atoms with Gasteiger partial charge in [-0.05, 0) is 23.8 Å². The summed E-state index contributed by atoms with van der Waals surface area (Å²) in [7, 11) is 0. The molecule has 1 aliphatic carbocycles. The summed E-state index contributed by atoms with van der Waals surface area (Å²) in [4.78, 5) is 24.6. The molecular weight excluding hydrogens is 314 g/mol. The second kappa shape index (κ2) is 7.81. The molecule has 0 spiro atoms. The molecule has 0 saturated heterocycles. The van der Waals surface area contributed by atoms with Crippen LogP contribution in [0.5, 0.6) is 0 Å². The van der Waals surface area contributed by atoms with Gasteiger partial charge in [0.25, 0.3) is 0 Å². The van der Waals surface area contributed by atoms with E-state index in [2.05, 4.69) is 24.3 Å². The van der Waals surface area contributed by atoms with E-state index in [0.717, 1.165) is 24.1 Å². The normalized spacial score (nSPS) is 27.0. The Morgan fingerprint density at radius 1 is 1.20 bits per heavy atom. The van der Waals surface area contributed by atoms with Gasteiger partial charge in [-0.2, -0.15) is 5.10 Å². The third-order valence-electron chi connectivity index (χ3n) is 5.56. The van der Waals surface area contributed by atoms with Gasteiger partial charge in [-0.3, -0.25) is 9.59 Å². The maximum Gasteiger partial charge on any atom is 0.243 e. The predicted octanol–water partition coefficient (Wildman–Crippen LogP) is 2.95. The lowest BCUT2D eigenvalue weighted by Crippen LogP contribution is -2.48. The fraction of sp³-hybridized carbons (Fsp3) is 0.550.